The largest absolute Gasteiger partial charge is 0.259 e. The lowest BCUT2D eigenvalue weighted by Gasteiger charge is -2.05. The summed E-state index contributed by atoms with van der Waals surface area (Å²) in [6.07, 6.45) is 1.57. The summed E-state index contributed by atoms with van der Waals surface area (Å²) >= 11 is 18.1. The van der Waals surface area contributed by atoms with Gasteiger partial charge in [0, 0.05) is 16.3 Å². The Labute approximate surface area is 141 Å². The third-order valence-corrected chi connectivity index (χ3v) is 4.11. The molecule has 0 aliphatic heterocycles. The van der Waals surface area contributed by atoms with Crippen LogP contribution in [0.4, 0.5) is 5.82 Å². The van der Waals surface area contributed by atoms with E-state index in [2.05, 4.69) is 20.7 Å². The van der Waals surface area contributed by atoms with Crippen molar-refractivity contribution < 1.29 is 0 Å². The Kier molecular flexibility index (Phi) is 4.43. The zero-order valence-electron chi connectivity index (χ0n) is 11.1. The highest BCUT2D eigenvalue weighted by Crippen LogP contribution is 2.26. The van der Waals surface area contributed by atoms with E-state index in [9.17, 15) is 0 Å². The van der Waals surface area contributed by atoms with Gasteiger partial charge in [-0.1, -0.05) is 71.2 Å². The summed E-state index contributed by atoms with van der Waals surface area (Å²) in [5.41, 5.74) is 3.55. The molecule has 0 spiro atoms. The van der Waals surface area contributed by atoms with E-state index in [0.717, 1.165) is 10.8 Å². The minimum atomic E-state index is 0.350. The first kappa shape index (κ1) is 15.0. The van der Waals surface area contributed by atoms with Gasteiger partial charge in [0.25, 0.3) is 0 Å². The summed E-state index contributed by atoms with van der Waals surface area (Å²) in [6.45, 7) is 0. The monoisotopic (exact) mass is 350 g/mol. The molecular weight excluding hydrogens is 343 g/mol. The average Bonchev–Trinajstić information content (AvgIpc) is 2.54. The maximum Gasteiger partial charge on any atom is 0.176 e. The van der Waals surface area contributed by atoms with Crippen LogP contribution in [0.15, 0.2) is 47.6 Å². The molecular formula is C15H9Cl3N4. The molecule has 0 unspecified atom stereocenters. The number of halogens is 3. The van der Waals surface area contributed by atoms with E-state index in [1.165, 1.54) is 0 Å². The molecule has 0 saturated carbocycles. The molecule has 0 aliphatic carbocycles. The van der Waals surface area contributed by atoms with Gasteiger partial charge in [0.05, 0.1) is 16.3 Å². The molecule has 1 heterocycles. The van der Waals surface area contributed by atoms with E-state index < -0.39 is 0 Å². The molecule has 7 heteroatoms. The third-order valence-electron chi connectivity index (χ3n) is 3.00. The Morgan fingerprint density at radius 2 is 1.68 bits per heavy atom. The van der Waals surface area contributed by atoms with Crippen LogP contribution in [0.2, 0.25) is 15.2 Å². The first-order valence-electron chi connectivity index (χ1n) is 6.31. The first-order chi connectivity index (χ1) is 10.7. The summed E-state index contributed by atoms with van der Waals surface area (Å²) < 4.78 is 0. The molecule has 0 atom stereocenters. The molecule has 1 N–H and O–H groups in total. The molecule has 22 heavy (non-hydrogen) atoms. The van der Waals surface area contributed by atoms with E-state index >= 15 is 0 Å². The van der Waals surface area contributed by atoms with Crippen LogP contribution >= 0.6 is 34.8 Å². The lowest BCUT2D eigenvalue weighted by molar-refractivity contribution is 1.04. The van der Waals surface area contributed by atoms with Crippen LogP contribution in [0.25, 0.3) is 10.8 Å². The molecule has 0 aliphatic rings. The van der Waals surface area contributed by atoms with Gasteiger partial charge in [-0.05, 0) is 6.07 Å². The van der Waals surface area contributed by atoms with E-state index in [-0.39, 0.29) is 0 Å². The fourth-order valence-electron chi connectivity index (χ4n) is 1.94. The predicted molar refractivity (Wildman–Crippen MR) is 92.2 cm³/mol. The fraction of sp³-hybridized carbons (Fsp3) is 0. The highest BCUT2D eigenvalue weighted by molar-refractivity contribution is 6.43. The number of nitrogens with zero attached hydrogens (tertiary/aromatic N) is 3. The number of rotatable bonds is 3. The van der Waals surface area contributed by atoms with Crippen LogP contribution in [0.3, 0.4) is 0 Å². The van der Waals surface area contributed by atoms with Crippen molar-refractivity contribution >= 4 is 57.6 Å². The van der Waals surface area contributed by atoms with Gasteiger partial charge in [0.1, 0.15) is 0 Å². The normalized spacial score (nSPS) is 11.2. The summed E-state index contributed by atoms with van der Waals surface area (Å²) in [4.78, 5) is 0. The lowest BCUT2D eigenvalue weighted by atomic mass is 10.2. The van der Waals surface area contributed by atoms with Crippen molar-refractivity contribution in [2.75, 3.05) is 5.43 Å². The van der Waals surface area contributed by atoms with E-state index in [1.807, 2.05) is 30.3 Å². The zero-order chi connectivity index (χ0) is 15.5. The molecule has 110 valence electrons. The highest BCUT2D eigenvalue weighted by atomic mass is 35.5. The topological polar surface area (TPSA) is 50.2 Å². The molecule has 0 fully saturated rings. The molecule has 2 aromatic carbocycles. The minimum absolute atomic E-state index is 0.350. The Morgan fingerprint density at radius 1 is 0.909 bits per heavy atom. The molecule has 0 saturated heterocycles. The minimum Gasteiger partial charge on any atom is -0.259 e. The molecule has 0 bridgehead atoms. The molecule has 0 radical (unpaired) electrons. The number of hydrogen-bond donors (Lipinski definition) is 1. The summed E-state index contributed by atoms with van der Waals surface area (Å²) in [5, 5.41) is 14.9. The molecule has 1 aromatic heterocycles. The summed E-state index contributed by atoms with van der Waals surface area (Å²) in [5.74, 6) is 0.509. The number of hydrogen-bond acceptors (Lipinski definition) is 4. The zero-order valence-corrected chi connectivity index (χ0v) is 13.4. The Morgan fingerprint density at radius 3 is 2.50 bits per heavy atom. The van der Waals surface area contributed by atoms with Gasteiger partial charge in [-0.15, -0.1) is 10.2 Å². The highest BCUT2D eigenvalue weighted by Gasteiger charge is 2.06. The third kappa shape index (κ3) is 2.99. The van der Waals surface area contributed by atoms with E-state index in [0.29, 0.717) is 26.6 Å². The van der Waals surface area contributed by atoms with Gasteiger partial charge in [0.15, 0.2) is 11.0 Å². The standard InChI is InChI=1S/C15H9Cl3N4/c16-12-7-3-4-9(13(12)17)8-19-21-15-11-6-2-1-5-10(11)14(18)20-22-15/h1-8H,(H,21,22)/b19-8+. The average molecular weight is 352 g/mol. The number of fused-ring (bicyclic) bond motifs is 1. The van der Waals surface area contributed by atoms with Gasteiger partial charge < -0.3 is 0 Å². The fourth-order valence-corrected chi connectivity index (χ4v) is 2.50. The maximum atomic E-state index is 6.09. The van der Waals surface area contributed by atoms with Crippen molar-refractivity contribution in [3.05, 3.63) is 63.2 Å². The number of hydrazone groups is 1. The van der Waals surface area contributed by atoms with Gasteiger partial charge >= 0.3 is 0 Å². The summed E-state index contributed by atoms with van der Waals surface area (Å²) in [7, 11) is 0. The van der Waals surface area contributed by atoms with Crippen LogP contribution in [0.1, 0.15) is 5.56 Å². The van der Waals surface area contributed by atoms with Crippen molar-refractivity contribution in [2.45, 2.75) is 0 Å². The number of benzene rings is 2. The molecule has 4 nitrogen and oxygen atoms in total. The molecule has 3 rings (SSSR count). The van der Waals surface area contributed by atoms with Gasteiger partial charge in [-0.3, -0.25) is 5.43 Å². The second-order valence-electron chi connectivity index (χ2n) is 4.40. The van der Waals surface area contributed by atoms with Crippen molar-refractivity contribution in [2.24, 2.45) is 5.10 Å². The quantitative estimate of drug-likeness (QED) is 0.531. The van der Waals surface area contributed by atoms with Crippen LogP contribution in [0.5, 0.6) is 0 Å². The van der Waals surface area contributed by atoms with E-state index in [4.69, 9.17) is 34.8 Å². The number of aromatic nitrogens is 2. The van der Waals surface area contributed by atoms with E-state index in [1.54, 1.807) is 18.3 Å². The second kappa shape index (κ2) is 6.48. The van der Waals surface area contributed by atoms with Gasteiger partial charge in [-0.2, -0.15) is 5.10 Å². The Bertz CT molecular complexity index is 865. The Balaban J connectivity index is 1.90. The number of anilines is 1. The van der Waals surface area contributed by atoms with Gasteiger partial charge in [0.2, 0.25) is 0 Å². The SMILES string of the molecule is Clc1cccc(/C=N/Nc2nnc(Cl)c3ccccc23)c1Cl. The van der Waals surface area contributed by atoms with Gasteiger partial charge in [-0.25, -0.2) is 0 Å². The summed E-state index contributed by atoms with van der Waals surface area (Å²) in [6, 6.07) is 12.9. The predicted octanol–water partition coefficient (Wildman–Crippen LogP) is 5.04. The molecule has 0 amide bonds. The van der Waals surface area contributed by atoms with Crippen molar-refractivity contribution in [1.82, 2.24) is 10.2 Å². The van der Waals surface area contributed by atoms with Crippen molar-refractivity contribution in [3.63, 3.8) is 0 Å². The first-order valence-corrected chi connectivity index (χ1v) is 7.44. The van der Waals surface area contributed by atoms with Crippen LogP contribution in [-0.4, -0.2) is 16.4 Å². The second-order valence-corrected chi connectivity index (χ2v) is 5.54. The maximum absolute atomic E-state index is 6.09. The lowest BCUT2D eigenvalue weighted by Crippen LogP contribution is -1.97. The van der Waals surface area contributed by atoms with Crippen LogP contribution < -0.4 is 5.43 Å². The number of nitrogens with one attached hydrogen (secondary N) is 1. The molecule has 3 aromatic rings. The Hall–Kier alpha value is -1.88. The van der Waals surface area contributed by atoms with Crippen molar-refractivity contribution in [3.8, 4) is 0 Å². The van der Waals surface area contributed by atoms with Crippen molar-refractivity contribution in [1.29, 1.82) is 0 Å². The van der Waals surface area contributed by atoms with Crippen LogP contribution in [0, 0.1) is 0 Å². The smallest absolute Gasteiger partial charge is 0.176 e. The van der Waals surface area contributed by atoms with Crippen LogP contribution in [-0.2, 0) is 0 Å².